The van der Waals surface area contributed by atoms with Gasteiger partial charge in [-0.2, -0.15) is 5.10 Å². The lowest BCUT2D eigenvalue weighted by molar-refractivity contribution is -0.148. The topological polar surface area (TPSA) is 81.5 Å². The van der Waals surface area contributed by atoms with Crippen molar-refractivity contribution in [1.82, 2.24) is 14.7 Å². The molecule has 0 spiro atoms. The molecule has 7 heteroatoms. The van der Waals surface area contributed by atoms with Crippen molar-refractivity contribution in [2.24, 2.45) is 0 Å². The molecular formula is C17H21N3O4. The average Bonchev–Trinajstić information content (AvgIpc) is 2.58. The van der Waals surface area contributed by atoms with Crippen LogP contribution in [0.1, 0.15) is 20.3 Å². The fraction of sp³-hybridized carbons (Fsp3) is 0.412. The van der Waals surface area contributed by atoms with Gasteiger partial charge in [0, 0.05) is 17.8 Å². The van der Waals surface area contributed by atoms with E-state index in [1.807, 2.05) is 19.9 Å². The minimum Gasteiger partial charge on any atom is -0.468 e. The largest absolute Gasteiger partial charge is 0.468 e. The molecule has 0 fully saturated rings. The number of carbonyl (C=O) groups is 2. The third kappa shape index (κ3) is 3.98. The Morgan fingerprint density at radius 3 is 2.67 bits per heavy atom. The van der Waals surface area contributed by atoms with Crippen LogP contribution in [0, 0.1) is 0 Å². The molecule has 7 nitrogen and oxygen atoms in total. The lowest BCUT2D eigenvalue weighted by Gasteiger charge is -2.25. The van der Waals surface area contributed by atoms with Crippen LogP contribution in [0.2, 0.25) is 0 Å². The van der Waals surface area contributed by atoms with Gasteiger partial charge in [0.2, 0.25) is 11.3 Å². The Labute approximate surface area is 139 Å². The fourth-order valence-electron chi connectivity index (χ4n) is 2.45. The summed E-state index contributed by atoms with van der Waals surface area (Å²) in [6.45, 7) is 3.93. The van der Waals surface area contributed by atoms with Crippen LogP contribution in [-0.2, 0) is 20.9 Å². The number of aryl methyl sites for hydroxylation is 1. The van der Waals surface area contributed by atoms with E-state index in [1.165, 1.54) is 18.2 Å². The van der Waals surface area contributed by atoms with Gasteiger partial charge >= 0.3 is 5.97 Å². The highest BCUT2D eigenvalue weighted by atomic mass is 16.5. The van der Waals surface area contributed by atoms with Crippen molar-refractivity contribution in [3.05, 3.63) is 40.7 Å². The molecule has 0 atom stereocenters. The number of rotatable bonds is 6. The molecule has 0 aliphatic rings. The van der Waals surface area contributed by atoms with E-state index in [0.29, 0.717) is 17.4 Å². The molecule has 0 radical (unpaired) electrons. The maximum Gasteiger partial charge on any atom is 0.325 e. The summed E-state index contributed by atoms with van der Waals surface area (Å²) < 4.78 is 6.26. The summed E-state index contributed by atoms with van der Waals surface area (Å²) in [6, 6.07) is 7.02. The third-order valence-electron chi connectivity index (χ3n) is 3.77. The van der Waals surface area contributed by atoms with E-state index in [2.05, 4.69) is 9.84 Å². The second-order valence-corrected chi connectivity index (χ2v) is 5.69. The maximum atomic E-state index is 12.4. The normalized spacial score (nSPS) is 10.8. The van der Waals surface area contributed by atoms with Crippen LogP contribution in [0.25, 0.3) is 10.9 Å². The maximum absolute atomic E-state index is 12.4. The highest BCUT2D eigenvalue weighted by Crippen LogP contribution is 2.10. The van der Waals surface area contributed by atoms with Crippen LogP contribution >= 0.6 is 0 Å². The van der Waals surface area contributed by atoms with Gasteiger partial charge in [0.1, 0.15) is 6.54 Å². The van der Waals surface area contributed by atoms with E-state index >= 15 is 0 Å². The molecule has 0 saturated heterocycles. The van der Waals surface area contributed by atoms with Gasteiger partial charge in [0.25, 0.3) is 0 Å². The van der Waals surface area contributed by atoms with E-state index in [-0.39, 0.29) is 30.3 Å². The van der Waals surface area contributed by atoms with E-state index in [0.717, 1.165) is 0 Å². The van der Waals surface area contributed by atoms with Gasteiger partial charge in [-0.3, -0.25) is 19.1 Å². The number of hydrogen-bond acceptors (Lipinski definition) is 5. The average molecular weight is 331 g/mol. The Kier molecular flexibility index (Phi) is 5.68. The summed E-state index contributed by atoms with van der Waals surface area (Å²) in [5.41, 5.74) is 0.532. The third-order valence-corrected chi connectivity index (χ3v) is 3.77. The van der Waals surface area contributed by atoms with Crippen molar-refractivity contribution in [2.45, 2.75) is 32.9 Å². The zero-order chi connectivity index (χ0) is 17.7. The fourth-order valence-corrected chi connectivity index (χ4v) is 2.45. The summed E-state index contributed by atoms with van der Waals surface area (Å²) in [4.78, 5) is 37.2. The second-order valence-electron chi connectivity index (χ2n) is 5.69. The number of carbonyl (C=O) groups excluding carboxylic acids is 2. The van der Waals surface area contributed by atoms with Crippen molar-refractivity contribution in [1.29, 1.82) is 0 Å². The standard InChI is InChI=1S/C17H21N3O4/c1-12(2)19(11-17(23)24-3)16(22)8-9-20-14-7-5-4-6-13(14)15(21)10-18-20/h4-7,10,12H,8-9,11H2,1-3H3. The highest BCUT2D eigenvalue weighted by Gasteiger charge is 2.20. The van der Waals surface area contributed by atoms with Crippen LogP contribution in [0.3, 0.4) is 0 Å². The van der Waals surface area contributed by atoms with E-state index in [9.17, 15) is 14.4 Å². The van der Waals surface area contributed by atoms with Crippen LogP contribution in [0.4, 0.5) is 0 Å². The molecule has 0 aliphatic carbocycles. The molecule has 0 saturated carbocycles. The van der Waals surface area contributed by atoms with Crippen molar-refractivity contribution in [3.8, 4) is 0 Å². The Morgan fingerprint density at radius 2 is 2.00 bits per heavy atom. The molecular weight excluding hydrogens is 310 g/mol. The number of aromatic nitrogens is 2. The second kappa shape index (κ2) is 7.72. The molecule has 0 aliphatic heterocycles. The molecule has 0 N–H and O–H groups in total. The van der Waals surface area contributed by atoms with E-state index < -0.39 is 5.97 Å². The number of fused-ring (bicyclic) bond motifs is 1. The van der Waals surface area contributed by atoms with E-state index in [1.54, 1.807) is 22.9 Å². The molecule has 1 aromatic heterocycles. The molecule has 2 aromatic rings. The number of methoxy groups -OCH3 is 1. The number of benzene rings is 1. The number of nitrogens with zero attached hydrogens (tertiary/aromatic N) is 3. The Bertz CT molecular complexity index is 798. The van der Waals surface area contributed by atoms with Gasteiger partial charge in [-0.1, -0.05) is 12.1 Å². The molecule has 24 heavy (non-hydrogen) atoms. The summed E-state index contributed by atoms with van der Waals surface area (Å²) in [7, 11) is 1.29. The number of para-hydroxylation sites is 1. The monoisotopic (exact) mass is 331 g/mol. The van der Waals surface area contributed by atoms with Crippen molar-refractivity contribution >= 4 is 22.8 Å². The first-order valence-electron chi connectivity index (χ1n) is 7.75. The Morgan fingerprint density at radius 1 is 1.29 bits per heavy atom. The molecule has 1 aromatic carbocycles. The zero-order valence-corrected chi connectivity index (χ0v) is 14.1. The quantitative estimate of drug-likeness (QED) is 0.743. The first-order valence-corrected chi connectivity index (χ1v) is 7.75. The summed E-state index contributed by atoms with van der Waals surface area (Å²) >= 11 is 0. The summed E-state index contributed by atoms with van der Waals surface area (Å²) in [6.07, 6.45) is 1.43. The van der Waals surface area contributed by atoms with Crippen molar-refractivity contribution in [2.75, 3.05) is 13.7 Å². The van der Waals surface area contributed by atoms with Gasteiger partial charge in [-0.25, -0.2) is 0 Å². The number of hydrogen-bond donors (Lipinski definition) is 0. The predicted molar refractivity (Wildman–Crippen MR) is 89.5 cm³/mol. The minimum atomic E-state index is -0.455. The van der Waals surface area contributed by atoms with Crippen LogP contribution in [-0.4, -0.2) is 46.3 Å². The lowest BCUT2D eigenvalue weighted by atomic mass is 10.2. The van der Waals surface area contributed by atoms with Gasteiger partial charge in [0.15, 0.2) is 0 Å². The zero-order valence-electron chi connectivity index (χ0n) is 14.1. The van der Waals surface area contributed by atoms with Crippen molar-refractivity contribution < 1.29 is 14.3 Å². The van der Waals surface area contributed by atoms with E-state index in [4.69, 9.17) is 0 Å². The first-order chi connectivity index (χ1) is 11.4. The minimum absolute atomic E-state index is 0.0780. The molecule has 128 valence electrons. The molecule has 1 heterocycles. The van der Waals surface area contributed by atoms with Gasteiger partial charge in [0.05, 0.1) is 25.4 Å². The number of ether oxygens (including phenoxy) is 1. The first kappa shape index (κ1) is 17.7. The van der Waals surface area contributed by atoms with Gasteiger partial charge in [-0.15, -0.1) is 0 Å². The SMILES string of the molecule is COC(=O)CN(C(=O)CCn1ncc(=O)c2ccccc21)C(C)C. The smallest absolute Gasteiger partial charge is 0.325 e. The van der Waals surface area contributed by atoms with Gasteiger partial charge < -0.3 is 9.64 Å². The Hall–Kier alpha value is -2.70. The van der Waals surface area contributed by atoms with Gasteiger partial charge in [-0.05, 0) is 26.0 Å². The molecule has 2 rings (SSSR count). The summed E-state index contributed by atoms with van der Waals surface area (Å²) in [5, 5.41) is 4.67. The highest BCUT2D eigenvalue weighted by molar-refractivity contribution is 5.82. The van der Waals surface area contributed by atoms with Crippen LogP contribution in [0.15, 0.2) is 35.3 Å². The molecule has 0 bridgehead atoms. The molecule has 0 unspecified atom stereocenters. The Balaban J connectivity index is 2.15. The number of amides is 1. The predicted octanol–water partition coefficient (Wildman–Crippen LogP) is 1.20. The van der Waals surface area contributed by atoms with Crippen LogP contribution in [0.5, 0.6) is 0 Å². The van der Waals surface area contributed by atoms with Crippen molar-refractivity contribution in [3.63, 3.8) is 0 Å². The number of esters is 1. The summed E-state index contributed by atoms with van der Waals surface area (Å²) in [5.74, 6) is -0.621. The lowest BCUT2D eigenvalue weighted by Crippen LogP contribution is -2.41. The van der Waals surface area contributed by atoms with Crippen LogP contribution < -0.4 is 5.43 Å². The molecule has 1 amide bonds.